The fraction of sp³-hybridized carbons (Fsp3) is 0.667. The number of rotatable bonds is 50. The van der Waals surface area contributed by atoms with Crippen LogP contribution in [0.5, 0.6) is 0 Å². The van der Waals surface area contributed by atoms with Gasteiger partial charge in [0.2, 0.25) is 0 Å². The maximum atomic E-state index is 12.9. The van der Waals surface area contributed by atoms with E-state index < -0.39 is 6.10 Å². The minimum Gasteiger partial charge on any atom is -0.462 e. The molecule has 0 radical (unpaired) electrons. The largest absolute Gasteiger partial charge is 0.462 e. The molecule has 0 heterocycles. The summed E-state index contributed by atoms with van der Waals surface area (Å²) in [5.41, 5.74) is 0. The first kappa shape index (κ1) is 65.1. The van der Waals surface area contributed by atoms with Crippen molar-refractivity contribution in [1.82, 2.24) is 0 Å². The Morgan fingerprint density at radius 1 is 0.319 bits per heavy atom. The molecule has 1 atom stereocenters. The Bertz CT molecular complexity index is 1420. The number of unbranched alkanes of at least 4 members (excludes halogenated alkanes) is 25. The number of esters is 3. The Balaban J connectivity index is 4.42. The first-order valence-corrected chi connectivity index (χ1v) is 28.5. The van der Waals surface area contributed by atoms with Gasteiger partial charge in [-0.2, -0.15) is 0 Å². The van der Waals surface area contributed by atoms with E-state index in [2.05, 4.69) is 99.8 Å². The number of carbonyl (C=O) groups excluding carboxylic acids is 3. The summed E-state index contributed by atoms with van der Waals surface area (Å²) in [6.45, 7) is 6.32. The van der Waals surface area contributed by atoms with E-state index in [1.807, 2.05) is 30.4 Å². The van der Waals surface area contributed by atoms with Crippen molar-refractivity contribution in [2.45, 2.75) is 258 Å². The molecule has 0 aromatic carbocycles. The van der Waals surface area contributed by atoms with Crippen LogP contribution in [-0.2, 0) is 28.6 Å². The van der Waals surface area contributed by atoms with Crippen molar-refractivity contribution in [2.75, 3.05) is 13.2 Å². The summed E-state index contributed by atoms with van der Waals surface area (Å²) in [7, 11) is 0. The van der Waals surface area contributed by atoms with Crippen molar-refractivity contribution in [1.29, 1.82) is 0 Å². The summed E-state index contributed by atoms with van der Waals surface area (Å²) < 4.78 is 16.8. The second-order valence-electron chi connectivity index (χ2n) is 18.6. The zero-order valence-electron chi connectivity index (χ0n) is 44.8. The Labute approximate surface area is 425 Å². The van der Waals surface area contributed by atoms with Gasteiger partial charge in [-0.05, 0) is 96.3 Å². The van der Waals surface area contributed by atoms with Gasteiger partial charge >= 0.3 is 17.9 Å². The molecule has 0 N–H and O–H groups in total. The van der Waals surface area contributed by atoms with Crippen molar-refractivity contribution in [3.8, 4) is 0 Å². The van der Waals surface area contributed by atoms with Crippen LogP contribution in [0.1, 0.15) is 252 Å². The second-order valence-corrected chi connectivity index (χ2v) is 18.6. The molecule has 0 spiro atoms. The van der Waals surface area contributed by atoms with Gasteiger partial charge in [-0.3, -0.25) is 14.4 Å². The zero-order chi connectivity index (χ0) is 50.0. The third-order valence-electron chi connectivity index (χ3n) is 11.9. The number of hydrogen-bond donors (Lipinski definition) is 0. The van der Waals surface area contributed by atoms with E-state index in [0.29, 0.717) is 19.3 Å². The summed E-state index contributed by atoms with van der Waals surface area (Å²) in [6, 6.07) is 0. The lowest BCUT2D eigenvalue weighted by Gasteiger charge is -2.18. The zero-order valence-corrected chi connectivity index (χ0v) is 44.8. The average molecular weight is 958 g/mol. The lowest BCUT2D eigenvalue weighted by atomic mass is 10.1. The summed E-state index contributed by atoms with van der Waals surface area (Å²) in [6.07, 6.45) is 76.5. The third-order valence-corrected chi connectivity index (χ3v) is 11.9. The summed E-state index contributed by atoms with van der Waals surface area (Å²) in [4.78, 5) is 38.1. The van der Waals surface area contributed by atoms with Crippen LogP contribution < -0.4 is 0 Å². The Hall–Kier alpha value is -3.93. The van der Waals surface area contributed by atoms with Gasteiger partial charge < -0.3 is 14.2 Å². The Kier molecular flexibility index (Phi) is 53.4. The van der Waals surface area contributed by atoms with Crippen LogP contribution in [0.25, 0.3) is 0 Å². The van der Waals surface area contributed by atoms with E-state index in [1.165, 1.54) is 122 Å². The van der Waals surface area contributed by atoms with Gasteiger partial charge in [0.1, 0.15) is 13.2 Å². The standard InChI is InChI=1S/C63H104O6/c1-4-7-10-13-16-19-22-25-27-29-31-33-35-38-41-44-47-50-53-56-62(65)68-59-60(58-67-61(64)55-52-49-46-43-40-37-24-21-18-15-12-9-6-3)69-63(66)57-54-51-48-45-42-39-36-34-32-30-28-26-23-20-17-14-11-8-5-2/h7,9-10,12,15-21,23-27,37,40,60H,4-6,8,11,13-14,22,28-36,38-39,41-59H2,1-3H3/b10-7-,12-9-,18-15-,19-16-,20-17-,24-21-,26-23-,27-25-,40-37-. The van der Waals surface area contributed by atoms with Gasteiger partial charge in [0, 0.05) is 19.3 Å². The minimum absolute atomic E-state index is 0.0963. The number of hydrogen-bond acceptors (Lipinski definition) is 6. The molecule has 0 saturated heterocycles. The van der Waals surface area contributed by atoms with E-state index in [0.717, 1.165) is 89.9 Å². The molecule has 69 heavy (non-hydrogen) atoms. The molecule has 0 aromatic heterocycles. The molecule has 0 aromatic rings. The molecule has 0 rings (SSSR count). The van der Waals surface area contributed by atoms with Crippen LogP contribution in [0.2, 0.25) is 0 Å². The van der Waals surface area contributed by atoms with Crippen molar-refractivity contribution < 1.29 is 28.6 Å². The van der Waals surface area contributed by atoms with Crippen LogP contribution in [0, 0.1) is 0 Å². The number of allylic oxidation sites excluding steroid dienone is 18. The molecule has 0 aliphatic heterocycles. The number of ether oxygens (including phenoxy) is 3. The molecule has 0 fully saturated rings. The highest BCUT2D eigenvalue weighted by atomic mass is 16.6. The predicted octanol–water partition coefficient (Wildman–Crippen LogP) is 19.1. The van der Waals surface area contributed by atoms with Crippen molar-refractivity contribution in [2.24, 2.45) is 0 Å². The molecular formula is C63H104O6. The van der Waals surface area contributed by atoms with E-state index in [-0.39, 0.29) is 31.1 Å². The van der Waals surface area contributed by atoms with Gasteiger partial charge in [0.25, 0.3) is 0 Å². The first-order chi connectivity index (χ1) is 34.0. The lowest BCUT2D eigenvalue weighted by molar-refractivity contribution is -0.167. The van der Waals surface area contributed by atoms with Gasteiger partial charge in [-0.1, -0.05) is 246 Å². The molecule has 0 aliphatic carbocycles. The SMILES string of the molecule is CC\C=C/C=C\C=C/C=C\CCCCCC(=O)OCC(COC(=O)CCCCCCCCCCC/C=C\C/C=C\C/C=C\CC)OC(=O)CCCCCCCCCCCC/C=C\C=C/CCCCC. The molecule has 1 unspecified atom stereocenters. The van der Waals surface area contributed by atoms with Crippen molar-refractivity contribution >= 4 is 17.9 Å². The highest BCUT2D eigenvalue weighted by Gasteiger charge is 2.19. The van der Waals surface area contributed by atoms with Crippen molar-refractivity contribution in [3.63, 3.8) is 0 Å². The molecule has 6 nitrogen and oxygen atoms in total. The highest BCUT2D eigenvalue weighted by Crippen LogP contribution is 2.15. The smallest absolute Gasteiger partial charge is 0.306 e. The van der Waals surface area contributed by atoms with Crippen molar-refractivity contribution in [3.05, 3.63) is 109 Å². The quantitative estimate of drug-likeness (QED) is 0.0199. The maximum Gasteiger partial charge on any atom is 0.306 e. The van der Waals surface area contributed by atoms with Crippen LogP contribution in [0.15, 0.2) is 109 Å². The van der Waals surface area contributed by atoms with Crippen LogP contribution >= 0.6 is 0 Å². The summed E-state index contributed by atoms with van der Waals surface area (Å²) in [5.74, 6) is -0.945. The molecule has 0 aliphatic rings. The average Bonchev–Trinajstić information content (AvgIpc) is 3.35. The van der Waals surface area contributed by atoms with Crippen LogP contribution in [0.4, 0.5) is 0 Å². The van der Waals surface area contributed by atoms with E-state index in [1.54, 1.807) is 0 Å². The Morgan fingerprint density at radius 2 is 0.638 bits per heavy atom. The fourth-order valence-corrected chi connectivity index (χ4v) is 7.63. The lowest BCUT2D eigenvalue weighted by Crippen LogP contribution is -2.30. The van der Waals surface area contributed by atoms with Crippen LogP contribution in [0.3, 0.4) is 0 Å². The molecule has 0 saturated carbocycles. The van der Waals surface area contributed by atoms with Gasteiger partial charge in [0.05, 0.1) is 0 Å². The Morgan fingerprint density at radius 3 is 1.09 bits per heavy atom. The maximum absolute atomic E-state index is 12.9. The molecule has 392 valence electrons. The summed E-state index contributed by atoms with van der Waals surface area (Å²) in [5, 5.41) is 0. The first-order valence-electron chi connectivity index (χ1n) is 28.5. The fourth-order valence-electron chi connectivity index (χ4n) is 7.63. The summed E-state index contributed by atoms with van der Waals surface area (Å²) >= 11 is 0. The molecular weight excluding hydrogens is 853 g/mol. The molecule has 6 heteroatoms. The topological polar surface area (TPSA) is 78.9 Å². The van der Waals surface area contributed by atoms with E-state index in [4.69, 9.17) is 14.2 Å². The monoisotopic (exact) mass is 957 g/mol. The second kappa shape index (κ2) is 56.7. The third kappa shape index (κ3) is 54.9. The molecule has 0 amide bonds. The van der Waals surface area contributed by atoms with Gasteiger partial charge in [-0.15, -0.1) is 0 Å². The van der Waals surface area contributed by atoms with Gasteiger partial charge in [-0.25, -0.2) is 0 Å². The normalized spacial score (nSPS) is 12.9. The molecule has 0 bridgehead atoms. The number of carbonyl (C=O) groups is 3. The van der Waals surface area contributed by atoms with E-state index in [9.17, 15) is 14.4 Å². The minimum atomic E-state index is -0.801. The predicted molar refractivity (Wildman–Crippen MR) is 297 cm³/mol. The van der Waals surface area contributed by atoms with Gasteiger partial charge in [0.15, 0.2) is 6.10 Å². The van der Waals surface area contributed by atoms with Crippen LogP contribution in [-0.4, -0.2) is 37.2 Å². The highest BCUT2D eigenvalue weighted by molar-refractivity contribution is 5.71. The van der Waals surface area contributed by atoms with E-state index >= 15 is 0 Å².